The van der Waals surface area contributed by atoms with Crippen LogP contribution in [-0.2, 0) is 9.53 Å². The van der Waals surface area contributed by atoms with Gasteiger partial charge in [0.25, 0.3) is 0 Å². The lowest BCUT2D eigenvalue weighted by Crippen LogP contribution is -2.26. The minimum atomic E-state index is -0.122. The van der Waals surface area contributed by atoms with Crippen LogP contribution < -0.4 is 0 Å². The van der Waals surface area contributed by atoms with Crippen LogP contribution in [0.2, 0.25) is 0 Å². The summed E-state index contributed by atoms with van der Waals surface area (Å²) < 4.78 is 5.19. The number of carbonyl (C=O) groups is 1. The minimum absolute atomic E-state index is 0.122. The Morgan fingerprint density at radius 2 is 2.36 bits per heavy atom. The van der Waals surface area contributed by atoms with Crippen molar-refractivity contribution in [3.63, 3.8) is 0 Å². The summed E-state index contributed by atoms with van der Waals surface area (Å²) in [6.45, 7) is 1.50. The standard InChI is InChI=1S/C8H12O2S/c1-5(9)10-7-4-6-2-3-8(7)11-6/h6-8H,2-4H2,1H3. The summed E-state index contributed by atoms with van der Waals surface area (Å²) in [5.41, 5.74) is 0. The van der Waals surface area contributed by atoms with E-state index < -0.39 is 0 Å². The quantitative estimate of drug-likeness (QED) is 0.562. The van der Waals surface area contributed by atoms with E-state index in [0.717, 1.165) is 11.7 Å². The Balaban J connectivity index is 1.92. The van der Waals surface area contributed by atoms with E-state index in [1.165, 1.54) is 19.8 Å². The van der Waals surface area contributed by atoms with Gasteiger partial charge in [-0.15, -0.1) is 0 Å². The number of hydrogen-bond acceptors (Lipinski definition) is 3. The van der Waals surface area contributed by atoms with Crippen LogP contribution >= 0.6 is 11.8 Å². The smallest absolute Gasteiger partial charge is 0.302 e. The van der Waals surface area contributed by atoms with Crippen molar-refractivity contribution in [2.75, 3.05) is 0 Å². The van der Waals surface area contributed by atoms with E-state index in [-0.39, 0.29) is 12.1 Å². The molecule has 0 spiro atoms. The highest BCUT2D eigenvalue weighted by Crippen LogP contribution is 2.47. The number of esters is 1. The van der Waals surface area contributed by atoms with Crippen molar-refractivity contribution < 1.29 is 9.53 Å². The summed E-state index contributed by atoms with van der Waals surface area (Å²) in [7, 11) is 0. The fourth-order valence-corrected chi connectivity index (χ4v) is 3.61. The van der Waals surface area contributed by atoms with E-state index in [9.17, 15) is 4.79 Å². The van der Waals surface area contributed by atoms with E-state index >= 15 is 0 Å². The van der Waals surface area contributed by atoms with Gasteiger partial charge in [0, 0.05) is 17.4 Å². The summed E-state index contributed by atoms with van der Waals surface area (Å²) in [5, 5.41) is 1.40. The monoisotopic (exact) mass is 172 g/mol. The van der Waals surface area contributed by atoms with Crippen LogP contribution in [0.3, 0.4) is 0 Å². The van der Waals surface area contributed by atoms with E-state index in [0.29, 0.717) is 5.25 Å². The van der Waals surface area contributed by atoms with Crippen molar-refractivity contribution in [3.05, 3.63) is 0 Å². The van der Waals surface area contributed by atoms with Crippen molar-refractivity contribution in [1.82, 2.24) is 0 Å². The Labute approximate surface area is 70.7 Å². The SMILES string of the molecule is CC(=O)OC1CC2CCC1S2. The number of fused-ring (bicyclic) bond motifs is 2. The zero-order valence-electron chi connectivity index (χ0n) is 6.58. The first kappa shape index (κ1) is 7.47. The maximum Gasteiger partial charge on any atom is 0.302 e. The van der Waals surface area contributed by atoms with Gasteiger partial charge in [0.05, 0.1) is 0 Å². The van der Waals surface area contributed by atoms with Crippen LogP contribution in [0.25, 0.3) is 0 Å². The lowest BCUT2D eigenvalue weighted by molar-refractivity contribution is -0.146. The first-order valence-corrected chi connectivity index (χ1v) is 5.02. The second-order valence-electron chi connectivity index (χ2n) is 3.26. The molecule has 0 aliphatic carbocycles. The molecule has 0 radical (unpaired) electrons. The molecule has 2 saturated heterocycles. The van der Waals surface area contributed by atoms with Crippen LogP contribution in [0, 0.1) is 0 Å². The molecule has 2 fully saturated rings. The summed E-state index contributed by atoms with van der Waals surface area (Å²) >= 11 is 2.00. The normalized spacial score (nSPS) is 41.0. The topological polar surface area (TPSA) is 26.3 Å². The molecule has 0 amide bonds. The zero-order valence-corrected chi connectivity index (χ0v) is 7.39. The first-order valence-electron chi connectivity index (χ1n) is 4.08. The van der Waals surface area contributed by atoms with E-state index in [2.05, 4.69) is 0 Å². The molecule has 3 atom stereocenters. The molecule has 0 aromatic carbocycles. The highest BCUT2D eigenvalue weighted by Gasteiger charge is 2.42. The van der Waals surface area contributed by atoms with Gasteiger partial charge in [0.1, 0.15) is 6.10 Å². The molecular formula is C8H12O2S. The first-order chi connectivity index (χ1) is 5.25. The molecule has 2 heterocycles. The van der Waals surface area contributed by atoms with Gasteiger partial charge in [-0.05, 0) is 19.3 Å². The minimum Gasteiger partial charge on any atom is -0.461 e. The fraction of sp³-hybridized carbons (Fsp3) is 0.875. The highest BCUT2D eigenvalue weighted by molar-refractivity contribution is 8.01. The van der Waals surface area contributed by atoms with Gasteiger partial charge in [0.15, 0.2) is 0 Å². The van der Waals surface area contributed by atoms with Gasteiger partial charge in [-0.25, -0.2) is 0 Å². The molecule has 3 unspecified atom stereocenters. The summed E-state index contributed by atoms with van der Waals surface area (Å²) in [4.78, 5) is 10.6. The average Bonchev–Trinajstić information content (AvgIpc) is 2.45. The number of rotatable bonds is 1. The van der Waals surface area contributed by atoms with E-state index in [4.69, 9.17) is 4.74 Å². The van der Waals surface area contributed by atoms with Gasteiger partial charge < -0.3 is 4.74 Å². The maximum absolute atomic E-state index is 10.6. The van der Waals surface area contributed by atoms with E-state index in [1.54, 1.807) is 0 Å². The maximum atomic E-state index is 10.6. The predicted octanol–water partition coefficient (Wildman–Crippen LogP) is 1.59. The van der Waals surface area contributed by atoms with Crippen LogP contribution in [0.5, 0.6) is 0 Å². The lowest BCUT2D eigenvalue weighted by Gasteiger charge is -2.19. The molecule has 0 N–H and O–H groups in total. The molecule has 0 aromatic heterocycles. The highest BCUT2D eigenvalue weighted by atomic mass is 32.2. The lowest BCUT2D eigenvalue weighted by atomic mass is 9.98. The predicted molar refractivity (Wildman–Crippen MR) is 44.6 cm³/mol. The molecule has 62 valence electrons. The Kier molecular flexibility index (Phi) is 1.83. The molecule has 2 aliphatic rings. The zero-order chi connectivity index (χ0) is 7.84. The van der Waals surface area contributed by atoms with Gasteiger partial charge in [0.2, 0.25) is 0 Å². The van der Waals surface area contributed by atoms with Crippen molar-refractivity contribution in [3.8, 4) is 0 Å². The summed E-state index contributed by atoms with van der Waals surface area (Å²) in [5.74, 6) is -0.122. The van der Waals surface area contributed by atoms with Gasteiger partial charge >= 0.3 is 5.97 Å². The van der Waals surface area contributed by atoms with Crippen molar-refractivity contribution in [1.29, 1.82) is 0 Å². The third kappa shape index (κ3) is 1.39. The van der Waals surface area contributed by atoms with Crippen LogP contribution in [-0.4, -0.2) is 22.6 Å². The van der Waals surface area contributed by atoms with Crippen LogP contribution in [0.4, 0.5) is 0 Å². The molecular weight excluding hydrogens is 160 g/mol. The van der Waals surface area contributed by atoms with Crippen LogP contribution in [0.15, 0.2) is 0 Å². The van der Waals surface area contributed by atoms with Crippen molar-refractivity contribution >= 4 is 17.7 Å². The molecule has 2 aliphatic heterocycles. The molecule has 11 heavy (non-hydrogen) atoms. The Bertz CT molecular complexity index is 181. The molecule has 2 nitrogen and oxygen atoms in total. The number of hydrogen-bond donors (Lipinski definition) is 0. The van der Waals surface area contributed by atoms with Crippen molar-refractivity contribution in [2.45, 2.75) is 42.8 Å². The van der Waals surface area contributed by atoms with Gasteiger partial charge in [-0.2, -0.15) is 11.8 Å². The number of thioether (sulfide) groups is 1. The Morgan fingerprint density at radius 1 is 1.55 bits per heavy atom. The average molecular weight is 172 g/mol. The molecule has 0 aromatic rings. The molecule has 2 rings (SSSR count). The number of ether oxygens (including phenoxy) is 1. The summed E-state index contributed by atoms with van der Waals surface area (Å²) in [6, 6.07) is 0. The third-order valence-corrected chi connectivity index (χ3v) is 4.07. The Morgan fingerprint density at radius 3 is 2.82 bits per heavy atom. The Hall–Kier alpha value is -0.180. The number of carbonyl (C=O) groups excluding carboxylic acids is 1. The van der Waals surface area contributed by atoms with Gasteiger partial charge in [-0.1, -0.05) is 0 Å². The second-order valence-corrected chi connectivity index (χ2v) is 4.80. The third-order valence-electron chi connectivity index (χ3n) is 2.37. The fourth-order valence-electron chi connectivity index (χ4n) is 1.93. The molecule has 2 bridgehead atoms. The van der Waals surface area contributed by atoms with Crippen molar-refractivity contribution in [2.24, 2.45) is 0 Å². The second kappa shape index (κ2) is 2.70. The molecule has 0 saturated carbocycles. The molecule has 3 heteroatoms. The van der Waals surface area contributed by atoms with Gasteiger partial charge in [-0.3, -0.25) is 4.79 Å². The summed E-state index contributed by atoms with van der Waals surface area (Å²) in [6.07, 6.45) is 3.89. The van der Waals surface area contributed by atoms with E-state index in [1.807, 2.05) is 11.8 Å². The largest absolute Gasteiger partial charge is 0.461 e. The van der Waals surface area contributed by atoms with Crippen LogP contribution in [0.1, 0.15) is 26.2 Å².